The minimum absolute atomic E-state index is 0.765. The maximum Gasteiger partial charge on any atom is 0.125 e. The zero-order valence-electron chi connectivity index (χ0n) is 12.1. The van der Waals surface area contributed by atoms with Crippen LogP contribution in [0.4, 0.5) is 0 Å². The van der Waals surface area contributed by atoms with Crippen molar-refractivity contribution in [2.24, 2.45) is 0 Å². The van der Waals surface area contributed by atoms with Gasteiger partial charge in [0.2, 0.25) is 0 Å². The van der Waals surface area contributed by atoms with Gasteiger partial charge in [0, 0.05) is 35.3 Å². The largest absolute Gasteiger partial charge is 0.241 e. The van der Waals surface area contributed by atoms with Gasteiger partial charge in [0.15, 0.2) is 0 Å². The Labute approximate surface area is 128 Å². The highest BCUT2D eigenvalue weighted by Crippen LogP contribution is 2.34. The third-order valence-electron chi connectivity index (χ3n) is 3.66. The third-order valence-corrected chi connectivity index (χ3v) is 3.66. The predicted molar refractivity (Wildman–Crippen MR) is 86.4 cm³/mol. The molecule has 0 aliphatic carbocycles. The maximum absolute atomic E-state index is 4.74. The highest BCUT2D eigenvalue weighted by atomic mass is 15.2. The Kier molecular flexibility index (Phi) is 2.93. The van der Waals surface area contributed by atoms with Crippen LogP contribution in [0, 0.1) is 6.92 Å². The summed E-state index contributed by atoms with van der Waals surface area (Å²) in [5.41, 5.74) is 5.12. The van der Waals surface area contributed by atoms with Crippen LogP contribution in [0.5, 0.6) is 0 Å². The first-order valence-corrected chi connectivity index (χ1v) is 7.15. The van der Waals surface area contributed by atoms with Gasteiger partial charge in [-0.3, -0.25) is 0 Å². The summed E-state index contributed by atoms with van der Waals surface area (Å²) in [6.45, 7) is 1.89. The molecular weight excluding hydrogens is 272 g/mol. The number of nitrogens with zero attached hydrogens (tertiary/aromatic N) is 4. The Hall–Kier alpha value is -3.01. The Morgan fingerprint density at radius 1 is 0.818 bits per heavy atom. The fourth-order valence-corrected chi connectivity index (χ4v) is 2.60. The van der Waals surface area contributed by atoms with E-state index in [1.54, 1.807) is 0 Å². The average molecular weight is 286 g/mol. The van der Waals surface area contributed by atoms with Crippen LogP contribution in [-0.4, -0.2) is 19.6 Å². The summed E-state index contributed by atoms with van der Waals surface area (Å²) < 4.78 is 1.90. The standard InChI is InChI=1S/C18H14N4/c1-13-19-11-15(12-20-13)17-16-9-5-6-10-22(16)21-18(17)14-7-3-2-4-8-14/h2-12H,1H3. The quantitative estimate of drug-likeness (QED) is 0.563. The Morgan fingerprint density at radius 2 is 1.55 bits per heavy atom. The SMILES string of the molecule is Cc1ncc(-c2c(-c3ccccc3)nn3ccccc23)cn1. The smallest absolute Gasteiger partial charge is 0.125 e. The zero-order valence-corrected chi connectivity index (χ0v) is 12.1. The highest BCUT2D eigenvalue weighted by Gasteiger charge is 2.16. The second-order valence-corrected chi connectivity index (χ2v) is 5.14. The van der Waals surface area contributed by atoms with E-state index in [4.69, 9.17) is 5.10 Å². The number of aryl methyl sites for hydroxylation is 1. The normalized spacial score (nSPS) is 11.0. The molecule has 22 heavy (non-hydrogen) atoms. The second-order valence-electron chi connectivity index (χ2n) is 5.14. The molecule has 3 aromatic heterocycles. The van der Waals surface area contributed by atoms with E-state index in [1.165, 1.54) is 0 Å². The van der Waals surface area contributed by atoms with Crippen LogP contribution in [0.1, 0.15) is 5.82 Å². The van der Waals surface area contributed by atoms with Gasteiger partial charge in [0.25, 0.3) is 0 Å². The van der Waals surface area contributed by atoms with E-state index in [2.05, 4.69) is 28.2 Å². The minimum atomic E-state index is 0.765. The molecule has 0 atom stereocenters. The summed E-state index contributed by atoms with van der Waals surface area (Å²) in [6, 6.07) is 16.3. The molecule has 4 heteroatoms. The molecule has 0 saturated carbocycles. The lowest BCUT2D eigenvalue weighted by molar-refractivity contribution is 0.966. The van der Waals surface area contributed by atoms with Gasteiger partial charge in [-0.15, -0.1) is 0 Å². The lowest BCUT2D eigenvalue weighted by Gasteiger charge is -2.03. The first kappa shape index (κ1) is 12.7. The molecule has 0 aliphatic heterocycles. The third kappa shape index (κ3) is 2.05. The van der Waals surface area contributed by atoms with Crippen LogP contribution < -0.4 is 0 Å². The number of hydrogen-bond donors (Lipinski definition) is 0. The van der Waals surface area contributed by atoms with E-state index in [0.29, 0.717) is 0 Å². The summed E-state index contributed by atoms with van der Waals surface area (Å²) in [5, 5.41) is 4.74. The molecule has 3 heterocycles. The Morgan fingerprint density at radius 3 is 2.32 bits per heavy atom. The van der Waals surface area contributed by atoms with E-state index in [0.717, 1.165) is 33.7 Å². The molecule has 0 unspecified atom stereocenters. The molecule has 1 aromatic carbocycles. The van der Waals surface area contributed by atoms with E-state index in [9.17, 15) is 0 Å². The summed E-state index contributed by atoms with van der Waals surface area (Å²) in [5.74, 6) is 0.765. The molecule has 4 nitrogen and oxygen atoms in total. The van der Waals surface area contributed by atoms with Gasteiger partial charge < -0.3 is 0 Å². The number of aromatic nitrogens is 4. The molecule has 0 radical (unpaired) electrons. The van der Waals surface area contributed by atoms with E-state index < -0.39 is 0 Å². The molecule has 4 aromatic rings. The molecule has 0 aliphatic rings. The van der Waals surface area contributed by atoms with Gasteiger partial charge in [0.05, 0.1) is 5.52 Å². The van der Waals surface area contributed by atoms with Crippen LogP contribution in [0.3, 0.4) is 0 Å². The van der Waals surface area contributed by atoms with Gasteiger partial charge in [-0.05, 0) is 19.1 Å². The van der Waals surface area contributed by atoms with Crippen LogP contribution in [0.2, 0.25) is 0 Å². The Bertz CT molecular complexity index is 924. The molecule has 0 N–H and O–H groups in total. The fourth-order valence-electron chi connectivity index (χ4n) is 2.60. The van der Waals surface area contributed by atoms with E-state index in [-0.39, 0.29) is 0 Å². The van der Waals surface area contributed by atoms with E-state index >= 15 is 0 Å². The van der Waals surface area contributed by atoms with Gasteiger partial charge in [-0.2, -0.15) is 5.10 Å². The summed E-state index contributed by atoms with van der Waals surface area (Å²) in [4.78, 5) is 8.66. The van der Waals surface area contributed by atoms with Gasteiger partial charge in [0.1, 0.15) is 11.5 Å². The number of fused-ring (bicyclic) bond motifs is 1. The van der Waals surface area contributed by atoms with Crippen LogP contribution in [0.25, 0.3) is 27.9 Å². The monoisotopic (exact) mass is 286 g/mol. The van der Waals surface area contributed by atoms with Crippen LogP contribution in [0.15, 0.2) is 67.1 Å². The summed E-state index contributed by atoms with van der Waals surface area (Å²) >= 11 is 0. The van der Waals surface area contributed by atoms with Crippen molar-refractivity contribution < 1.29 is 0 Å². The van der Waals surface area contributed by atoms with Crippen molar-refractivity contribution in [1.82, 2.24) is 19.6 Å². The lowest BCUT2D eigenvalue weighted by atomic mass is 10.0. The minimum Gasteiger partial charge on any atom is -0.241 e. The number of rotatable bonds is 2. The van der Waals surface area contributed by atoms with Crippen molar-refractivity contribution in [3.05, 3.63) is 72.9 Å². The summed E-state index contributed by atoms with van der Waals surface area (Å²) in [6.07, 6.45) is 5.68. The molecule has 0 fully saturated rings. The molecule has 106 valence electrons. The molecule has 0 spiro atoms. The van der Waals surface area contributed by atoms with Gasteiger partial charge >= 0.3 is 0 Å². The van der Waals surface area contributed by atoms with Crippen molar-refractivity contribution in [3.63, 3.8) is 0 Å². The lowest BCUT2D eigenvalue weighted by Crippen LogP contribution is -1.89. The maximum atomic E-state index is 4.74. The molecule has 0 bridgehead atoms. The highest BCUT2D eigenvalue weighted by molar-refractivity contribution is 5.91. The van der Waals surface area contributed by atoms with Crippen LogP contribution >= 0.6 is 0 Å². The number of pyridine rings is 1. The molecular formula is C18H14N4. The molecule has 0 amide bonds. The summed E-state index contributed by atoms with van der Waals surface area (Å²) in [7, 11) is 0. The Balaban J connectivity index is 2.04. The number of hydrogen-bond acceptors (Lipinski definition) is 3. The second kappa shape index (κ2) is 5.07. The topological polar surface area (TPSA) is 43.1 Å². The van der Waals surface area contributed by atoms with Gasteiger partial charge in [-0.1, -0.05) is 36.4 Å². The van der Waals surface area contributed by atoms with Crippen molar-refractivity contribution in [3.8, 4) is 22.4 Å². The van der Waals surface area contributed by atoms with Crippen molar-refractivity contribution in [2.75, 3.05) is 0 Å². The van der Waals surface area contributed by atoms with Gasteiger partial charge in [-0.25, -0.2) is 14.5 Å². The number of benzene rings is 1. The van der Waals surface area contributed by atoms with Crippen molar-refractivity contribution in [2.45, 2.75) is 6.92 Å². The first-order valence-electron chi connectivity index (χ1n) is 7.15. The fraction of sp³-hybridized carbons (Fsp3) is 0.0556. The average Bonchev–Trinajstić information content (AvgIpc) is 2.96. The van der Waals surface area contributed by atoms with Crippen molar-refractivity contribution in [1.29, 1.82) is 0 Å². The zero-order chi connectivity index (χ0) is 14.9. The first-order chi connectivity index (χ1) is 10.8. The van der Waals surface area contributed by atoms with Crippen molar-refractivity contribution >= 4 is 5.52 Å². The van der Waals surface area contributed by atoms with Crippen LogP contribution in [-0.2, 0) is 0 Å². The predicted octanol–water partition coefficient (Wildman–Crippen LogP) is 3.77. The molecule has 0 saturated heterocycles. The molecule has 4 rings (SSSR count). The van der Waals surface area contributed by atoms with E-state index in [1.807, 2.05) is 60.4 Å².